The molecule has 1 atom stereocenters. The summed E-state index contributed by atoms with van der Waals surface area (Å²) < 4.78 is 6.77. The van der Waals surface area contributed by atoms with E-state index in [0.29, 0.717) is 11.6 Å². The van der Waals surface area contributed by atoms with Crippen LogP contribution < -0.4 is 10.1 Å². The van der Waals surface area contributed by atoms with E-state index in [1.54, 1.807) is 6.92 Å². The molecule has 2 N–H and O–H groups in total. The molecular formula is C15H17Cl4N4O3+. The number of alkyl halides is 1. The topological polar surface area (TPSA) is 86.8 Å². The fourth-order valence-corrected chi connectivity index (χ4v) is 3.55. The van der Waals surface area contributed by atoms with Crippen LogP contribution >= 0.6 is 46.4 Å². The number of likely N-dealkylation sites (N-methyl/N-ethyl adjacent to an activating group) is 1. The fourth-order valence-electron chi connectivity index (χ4n) is 2.38. The van der Waals surface area contributed by atoms with Crippen molar-refractivity contribution in [2.75, 3.05) is 19.7 Å². The van der Waals surface area contributed by atoms with E-state index in [4.69, 9.17) is 51.1 Å². The molecule has 0 fully saturated rings. The third-order valence-electron chi connectivity index (χ3n) is 3.47. The van der Waals surface area contributed by atoms with Gasteiger partial charge in [0.05, 0.1) is 26.9 Å². The zero-order chi connectivity index (χ0) is 19.4. The molecule has 0 amide bonds. The van der Waals surface area contributed by atoms with Gasteiger partial charge in [0.15, 0.2) is 0 Å². The molecular weight excluding hydrogens is 426 g/mol. The van der Waals surface area contributed by atoms with E-state index in [0.717, 1.165) is 6.54 Å². The quantitative estimate of drug-likeness (QED) is 0.289. The number of ether oxygens (including phenoxy) is 1. The number of hydrogen-bond donors (Lipinski definition) is 1. The van der Waals surface area contributed by atoms with Crippen LogP contribution in [0.1, 0.15) is 24.9 Å². The molecule has 0 aliphatic rings. The molecule has 0 aliphatic heterocycles. The number of rotatable bonds is 8. The number of hydrogen-bond acceptors (Lipinski definition) is 4. The second-order valence-corrected chi connectivity index (χ2v) is 7.28. The zero-order valence-corrected chi connectivity index (χ0v) is 17.0. The molecule has 1 aromatic heterocycles. The molecule has 0 bridgehead atoms. The first kappa shape index (κ1) is 21.1. The summed E-state index contributed by atoms with van der Waals surface area (Å²) >= 11 is 24.6. The number of nitrogens with two attached hydrogens (primary N) is 1. The lowest BCUT2D eigenvalue weighted by molar-refractivity contribution is -0.652. The lowest BCUT2D eigenvalue weighted by atomic mass is 10.2. The minimum absolute atomic E-state index is 0.122. The third-order valence-corrected chi connectivity index (χ3v) is 4.47. The fraction of sp³-hybridized carbons (Fsp3) is 0.400. The van der Waals surface area contributed by atoms with Gasteiger partial charge in [0.2, 0.25) is 0 Å². The highest BCUT2D eigenvalue weighted by molar-refractivity contribution is 6.40. The summed E-state index contributed by atoms with van der Waals surface area (Å²) in [4.78, 5) is 11.0. The first-order valence-corrected chi connectivity index (χ1v) is 9.35. The highest BCUT2D eigenvalue weighted by Gasteiger charge is 2.34. The Morgan fingerprint density at radius 1 is 1.35 bits per heavy atom. The highest BCUT2D eigenvalue weighted by atomic mass is 35.5. The summed E-state index contributed by atoms with van der Waals surface area (Å²) in [7, 11) is 0. The van der Waals surface area contributed by atoms with Crippen molar-refractivity contribution in [3.8, 4) is 11.6 Å². The Hall–Kier alpha value is -1.25. The van der Waals surface area contributed by atoms with Crippen LogP contribution in [0.4, 0.5) is 5.69 Å². The Morgan fingerprint density at radius 2 is 1.96 bits per heavy atom. The molecule has 11 heteroatoms. The number of quaternary nitrogens is 1. The summed E-state index contributed by atoms with van der Waals surface area (Å²) in [6.07, 6.45) is 0. The van der Waals surface area contributed by atoms with Crippen molar-refractivity contribution < 1.29 is 15.0 Å². The second-order valence-electron chi connectivity index (χ2n) is 5.38. The van der Waals surface area contributed by atoms with Crippen LogP contribution in [0.2, 0.25) is 15.1 Å². The molecule has 26 heavy (non-hydrogen) atoms. The first-order valence-electron chi connectivity index (χ1n) is 7.78. The van der Waals surface area contributed by atoms with E-state index < -0.39 is 10.3 Å². The van der Waals surface area contributed by atoms with Crippen LogP contribution in [-0.4, -0.2) is 34.4 Å². The van der Waals surface area contributed by atoms with Gasteiger partial charge in [0.1, 0.15) is 24.5 Å². The van der Waals surface area contributed by atoms with Crippen LogP contribution in [0.25, 0.3) is 5.69 Å². The van der Waals surface area contributed by atoms with Gasteiger partial charge in [-0.25, -0.2) is 4.68 Å². The van der Waals surface area contributed by atoms with E-state index in [1.165, 1.54) is 16.8 Å². The Balaban J connectivity index is 2.61. The third kappa shape index (κ3) is 4.53. The van der Waals surface area contributed by atoms with Crippen molar-refractivity contribution >= 4 is 52.1 Å². The van der Waals surface area contributed by atoms with Crippen LogP contribution in [0.15, 0.2) is 12.1 Å². The average Bonchev–Trinajstić information content (AvgIpc) is 2.90. The van der Waals surface area contributed by atoms with Crippen LogP contribution in [0.3, 0.4) is 0 Å². The number of nitrogens with zero attached hydrogens (tertiary/aromatic N) is 3. The van der Waals surface area contributed by atoms with Crippen LogP contribution in [0, 0.1) is 10.1 Å². The average molecular weight is 443 g/mol. The van der Waals surface area contributed by atoms with Gasteiger partial charge >= 0.3 is 11.6 Å². The second kappa shape index (κ2) is 9.10. The van der Waals surface area contributed by atoms with E-state index >= 15 is 0 Å². The monoisotopic (exact) mass is 441 g/mol. The smallest absolute Gasteiger partial charge is 0.355 e. The van der Waals surface area contributed by atoms with E-state index in [1.807, 2.05) is 12.2 Å². The molecule has 1 aromatic carbocycles. The number of benzene rings is 1. The summed E-state index contributed by atoms with van der Waals surface area (Å²) in [5, 5.41) is 17.8. The van der Waals surface area contributed by atoms with E-state index in [9.17, 15) is 10.1 Å². The molecule has 1 heterocycles. The van der Waals surface area contributed by atoms with Crippen molar-refractivity contribution in [1.82, 2.24) is 9.78 Å². The minimum atomic E-state index is -0.745. The predicted molar refractivity (Wildman–Crippen MR) is 102 cm³/mol. The SMILES string of the molecule is CC[NH2+]CCOc1nn(-c2c(Cl)cc(Cl)cc2Cl)c(C(C)Cl)c1[N+](=O)[O-]. The molecule has 7 nitrogen and oxygen atoms in total. The molecule has 142 valence electrons. The first-order chi connectivity index (χ1) is 12.3. The lowest BCUT2D eigenvalue weighted by Gasteiger charge is -2.11. The van der Waals surface area contributed by atoms with Crippen molar-refractivity contribution in [1.29, 1.82) is 0 Å². The number of halogens is 4. The number of nitro groups is 1. The Bertz CT molecular complexity index is 787. The van der Waals surface area contributed by atoms with Crippen LogP contribution in [0.5, 0.6) is 5.88 Å². The van der Waals surface area contributed by atoms with Gasteiger partial charge in [0.25, 0.3) is 0 Å². The minimum Gasteiger partial charge on any atom is -0.466 e. The molecule has 2 rings (SSSR count). The van der Waals surface area contributed by atoms with E-state index in [2.05, 4.69) is 5.10 Å². The Morgan fingerprint density at radius 3 is 2.46 bits per heavy atom. The molecule has 0 spiro atoms. The standard InChI is InChI=1S/C15H16Cl4N4O3/c1-3-20-4-5-26-15-14(23(24)25)12(8(2)16)22(21-15)13-10(18)6-9(17)7-11(13)19/h6-8,20H,3-5H2,1-2H3/p+1. The lowest BCUT2D eigenvalue weighted by Crippen LogP contribution is -2.84. The Labute approximate surface area is 170 Å². The molecule has 1 unspecified atom stereocenters. The van der Waals surface area contributed by atoms with E-state index in [-0.39, 0.29) is 39.6 Å². The Kier molecular flexibility index (Phi) is 7.37. The van der Waals surface area contributed by atoms with Crippen molar-refractivity contribution in [2.24, 2.45) is 0 Å². The van der Waals surface area contributed by atoms with Crippen LogP contribution in [-0.2, 0) is 0 Å². The maximum absolute atomic E-state index is 11.6. The maximum atomic E-state index is 11.6. The largest absolute Gasteiger partial charge is 0.466 e. The number of aromatic nitrogens is 2. The van der Waals surface area contributed by atoms with Crippen molar-refractivity contribution in [3.05, 3.63) is 43.0 Å². The van der Waals surface area contributed by atoms with Gasteiger partial charge in [0, 0.05) is 5.02 Å². The summed E-state index contributed by atoms with van der Waals surface area (Å²) in [5.74, 6) is -0.135. The summed E-state index contributed by atoms with van der Waals surface area (Å²) in [6.45, 7) is 5.35. The highest BCUT2D eigenvalue weighted by Crippen LogP contribution is 2.41. The summed E-state index contributed by atoms with van der Waals surface area (Å²) in [6, 6.07) is 2.94. The zero-order valence-electron chi connectivity index (χ0n) is 14.0. The van der Waals surface area contributed by atoms with Gasteiger partial charge in [-0.3, -0.25) is 10.1 Å². The predicted octanol–water partition coefficient (Wildman–Crippen LogP) is 4.00. The van der Waals surface area contributed by atoms with Crippen molar-refractivity contribution in [3.63, 3.8) is 0 Å². The van der Waals surface area contributed by atoms with Gasteiger partial charge < -0.3 is 10.1 Å². The molecule has 0 saturated carbocycles. The molecule has 0 aliphatic carbocycles. The molecule has 2 aromatic rings. The molecule has 0 saturated heterocycles. The normalized spacial score (nSPS) is 12.2. The van der Waals surface area contributed by atoms with Gasteiger partial charge in [-0.1, -0.05) is 34.8 Å². The maximum Gasteiger partial charge on any atom is 0.355 e. The van der Waals surface area contributed by atoms with Gasteiger partial charge in [-0.05, 0) is 26.0 Å². The van der Waals surface area contributed by atoms with Gasteiger partial charge in [-0.2, -0.15) is 0 Å². The van der Waals surface area contributed by atoms with Crippen molar-refractivity contribution in [2.45, 2.75) is 19.2 Å². The van der Waals surface area contributed by atoms with Gasteiger partial charge in [-0.15, -0.1) is 16.7 Å². The molecule has 0 radical (unpaired) electrons. The summed E-state index contributed by atoms with van der Waals surface area (Å²) in [5.41, 5.74) is 0.0571.